The summed E-state index contributed by atoms with van der Waals surface area (Å²) in [6.45, 7) is 4.47. The van der Waals surface area contributed by atoms with Crippen LogP contribution in [0.5, 0.6) is 5.75 Å². The van der Waals surface area contributed by atoms with Crippen molar-refractivity contribution in [3.05, 3.63) is 78.4 Å². The molecule has 7 nitrogen and oxygen atoms in total. The molecule has 35 heavy (non-hydrogen) atoms. The number of aliphatic hydroxyl groups is 3. The predicted octanol–water partition coefficient (Wildman–Crippen LogP) is 3.69. The number of β-amino-alcohol motifs (C(OH)–C–C–N with tert-alkyl or cyclic N) is 1. The van der Waals surface area contributed by atoms with E-state index in [1.807, 2.05) is 36.4 Å². The normalized spacial score (nSPS) is 17.0. The van der Waals surface area contributed by atoms with Crippen LogP contribution in [-0.2, 0) is 0 Å². The number of hydrogen-bond donors (Lipinski definition) is 3. The molecule has 1 aliphatic heterocycles. The Hall–Kier alpha value is -2.97. The number of imidazole rings is 1. The second kappa shape index (κ2) is 12.1. The molecule has 1 unspecified atom stereocenters. The van der Waals surface area contributed by atoms with Crippen LogP contribution in [0.15, 0.2) is 67.0 Å². The number of aliphatic hydroxyl groups excluding tert-OH is 3. The number of nitrogens with zero attached hydrogens (tertiary/aromatic N) is 3. The first-order valence-electron chi connectivity index (χ1n) is 12.3. The molecule has 0 spiro atoms. The summed E-state index contributed by atoms with van der Waals surface area (Å²) < 4.78 is 7.96. The van der Waals surface area contributed by atoms with Crippen LogP contribution in [0.25, 0.3) is 17.2 Å². The minimum Gasteiger partial charge on any atom is -0.490 e. The van der Waals surface area contributed by atoms with Crippen molar-refractivity contribution in [2.45, 2.75) is 38.0 Å². The monoisotopic (exact) mass is 477 g/mol. The molecule has 3 N–H and O–H groups in total. The van der Waals surface area contributed by atoms with Gasteiger partial charge in [0.25, 0.3) is 0 Å². The number of ether oxygens (including phenoxy) is 1. The Morgan fingerprint density at radius 3 is 2.29 bits per heavy atom. The van der Waals surface area contributed by atoms with E-state index >= 15 is 0 Å². The highest BCUT2D eigenvalue weighted by Crippen LogP contribution is 2.26. The van der Waals surface area contributed by atoms with Crippen molar-refractivity contribution >= 4 is 6.08 Å². The van der Waals surface area contributed by atoms with E-state index in [2.05, 4.69) is 34.1 Å². The van der Waals surface area contributed by atoms with Crippen LogP contribution in [0.4, 0.5) is 0 Å². The van der Waals surface area contributed by atoms with Gasteiger partial charge in [-0.1, -0.05) is 48.6 Å². The molecule has 186 valence electrons. The summed E-state index contributed by atoms with van der Waals surface area (Å²) in [6.07, 6.45) is 8.78. The standard InChI is InChI=1S/C28H35N3O4/c1-21(34)28-29-14-17-31(28)25(20-33)9-4-22-2-5-23(6-3-22)24-7-10-26(11-8-24)35-27-12-15-30(16-13-27)18-19-32/h2-11,14,17,21,25,27,32-34H,12-13,15-16,18-20H2,1H3/t21-,25?/m0/s1. The Labute approximate surface area is 206 Å². The Kier molecular flexibility index (Phi) is 8.71. The van der Waals surface area contributed by atoms with Crippen molar-refractivity contribution in [3.63, 3.8) is 0 Å². The van der Waals surface area contributed by atoms with Crippen LogP contribution in [0.1, 0.15) is 43.3 Å². The zero-order chi connectivity index (χ0) is 24.6. The molecule has 1 saturated heterocycles. The van der Waals surface area contributed by atoms with E-state index in [-0.39, 0.29) is 25.4 Å². The summed E-state index contributed by atoms with van der Waals surface area (Å²) >= 11 is 0. The lowest BCUT2D eigenvalue weighted by molar-refractivity contribution is 0.0889. The molecule has 1 aliphatic rings. The van der Waals surface area contributed by atoms with Gasteiger partial charge in [-0.25, -0.2) is 4.98 Å². The fraction of sp³-hybridized carbons (Fsp3) is 0.393. The van der Waals surface area contributed by atoms with Gasteiger partial charge in [0.2, 0.25) is 0 Å². The number of rotatable bonds is 10. The minimum absolute atomic E-state index is 0.0825. The van der Waals surface area contributed by atoms with E-state index in [0.29, 0.717) is 5.82 Å². The molecule has 2 atom stereocenters. The summed E-state index contributed by atoms with van der Waals surface area (Å²) in [5.41, 5.74) is 3.27. The highest BCUT2D eigenvalue weighted by atomic mass is 16.5. The van der Waals surface area contributed by atoms with Crippen molar-refractivity contribution in [1.29, 1.82) is 0 Å². The number of likely N-dealkylation sites (tertiary alicyclic amines) is 1. The van der Waals surface area contributed by atoms with Crippen LogP contribution in [0.3, 0.4) is 0 Å². The summed E-state index contributed by atoms with van der Waals surface area (Å²) in [4.78, 5) is 6.46. The van der Waals surface area contributed by atoms with Gasteiger partial charge in [-0.15, -0.1) is 0 Å². The second-order valence-electron chi connectivity index (χ2n) is 9.01. The second-order valence-corrected chi connectivity index (χ2v) is 9.01. The summed E-state index contributed by atoms with van der Waals surface area (Å²) in [7, 11) is 0. The van der Waals surface area contributed by atoms with Crippen LogP contribution >= 0.6 is 0 Å². The van der Waals surface area contributed by atoms with Gasteiger partial charge in [0.15, 0.2) is 0 Å². The van der Waals surface area contributed by atoms with Gasteiger partial charge < -0.3 is 29.5 Å². The molecular weight excluding hydrogens is 442 g/mol. The van der Waals surface area contributed by atoms with Gasteiger partial charge in [-0.05, 0) is 48.6 Å². The largest absolute Gasteiger partial charge is 0.490 e. The molecule has 1 fully saturated rings. The first kappa shape index (κ1) is 25.1. The Balaban J connectivity index is 1.35. The van der Waals surface area contributed by atoms with E-state index < -0.39 is 6.10 Å². The zero-order valence-electron chi connectivity index (χ0n) is 20.2. The van der Waals surface area contributed by atoms with Crippen LogP contribution in [0.2, 0.25) is 0 Å². The SMILES string of the molecule is C[C@H](O)c1nccn1C(C=Cc1ccc(-c2ccc(OC3CCN(CCO)CC3)cc2)cc1)CO. The molecule has 0 aliphatic carbocycles. The van der Waals surface area contributed by atoms with E-state index in [1.165, 1.54) is 0 Å². The number of hydrogen-bond acceptors (Lipinski definition) is 6. The number of piperidine rings is 1. The molecular formula is C28H35N3O4. The van der Waals surface area contributed by atoms with Crippen LogP contribution in [-0.4, -0.2) is 68.7 Å². The van der Waals surface area contributed by atoms with Gasteiger partial charge >= 0.3 is 0 Å². The Bertz CT molecular complexity index is 1070. The molecule has 3 aromatic rings. The Morgan fingerprint density at radius 2 is 1.69 bits per heavy atom. The van der Waals surface area contributed by atoms with Crippen LogP contribution in [0, 0.1) is 0 Å². The molecule has 7 heteroatoms. The van der Waals surface area contributed by atoms with E-state index in [4.69, 9.17) is 9.84 Å². The third kappa shape index (κ3) is 6.58. The molecule has 0 bridgehead atoms. The topological polar surface area (TPSA) is 91.0 Å². The molecule has 0 saturated carbocycles. The average Bonchev–Trinajstić information content (AvgIpc) is 3.37. The number of benzene rings is 2. The molecule has 2 aromatic carbocycles. The maximum absolute atomic E-state index is 9.88. The van der Waals surface area contributed by atoms with E-state index in [9.17, 15) is 10.2 Å². The highest BCUT2D eigenvalue weighted by Gasteiger charge is 2.20. The van der Waals surface area contributed by atoms with Gasteiger partial charge in [-0.3, -0.25) is 0 Å². The number of aromatic nitrogens is 2. The van der Waals surface area contributed by atoms with Crippen molar-refractivity contribution in [1.82, 2.24) is 14.5 Å². The molecule has 1 aromatic heterocycles. The van der Waals surface area contributed by atoms with Gasteiger partial charge in [0.05, 0.1) is 19.3 Å². The van der Waals surface area contributed by atoms with Gasteiger partial charge in [-0.2, -0.15) is 0 Å². The molecule has 0 amide bonds. The predicted molar refractivity (Wildman–Crippen MR) is 137 cm³/mol. The lowest BCUT2D eigenvalue weighted by Gasteiger charge is -2.31. The lowest BCUT2D eigenvalue weighted by atomic mass is 10.0. The van der Waals surface area contributed by atoms with Gasteiger partial charge in [0.1, 0.15) is 23.8 Å². The smallest absolute Gasteiger partial charge is 0.137 e. The first-order valence-corrected chi connectivity index (χ1v) is 12.3. The van der Waals surface area contributed by atoms with Crippen molar-refractivity contribution in [3.8, 4) is 16.9 Å². The molecule has 0 radical (unpaired) electrons. The van der Waals surface area contributed by atoms with Crippen molar-refractivity contribution in [2.24, 2.45) is 0 Å². The highest BCUT2D eigenvalue weighted by molar-refractivity contribution is 5.66. The van der Waals surface area contributed by atoms with Crippen LogP contribution < -0.4 is 4.74 Å². The zero-order valence-corrected chi connectivity index (χ0v) is 20.2. The molecule has 2 heterocycles. The first-order chi connectivity index (χ1) is 17.1. The summed E-state index contributed by atoms with van der Waals surface area (Å²) in [5, 5.41) is 28.8. The van der Waals surface area contributed by atoms with Crippen molar-refractivity contribution in [2.75, 3.05) is 32.8 Å². The van der Waals surface area contributed by atoms with E-state index in [1.54, 1.807) is 23.9 Å². The lowest BCUT2D eigenvalue weighted by Crippen LogP contribution is -2.39. The minimum atomic E-state index is -0.701. The summed E-state index contributed by atoms with van der Waals surface area (Å²) in [6, 6.07) is 16.2. The van der Waals surface area contributed by atoms with Gasteiger partial charge in [0, 0.05) is 32.0 Å². The fourth-order valence-corrected chi connectivity index (χ4v) is 4.49. The van der Waals surface area contributed by atoms with E-state index in [0.717, 1.165) is 54.9 Å². The third-order valence-corrected chi connectivity index (χ3v) is 6.48. The maximum atomic E-state index is 9.88. The molecule has 4 rings (SSSR count). The fourth-order valence-electron chi connectivity index (χ4n) is 4.49. The third-order valence-electron chi connectivity index (χ3n) is 6.48. The Morgan fingerprint density at radius 1 is 1.03 bits per heavy atom. The summed E-state index contributed by atoms with van der Waals surface area (Å²) in [5.74, 6) is 1.42. The van der Waals surface area contributed by atoms with Crippen molar-refractivity contribution < 1.29 is 20.1 Å². The maximum Gasteiger partial charge on any atom is 0.137 e. The average molecular weight is 478 g/mol. The quantitative estimate of drug-likeness (QED) is 0.413.